The zero-order valence-corrected chi connectivity index (χ0v) is 11.2. The molecule has 1 amide bonds. The van der Waals surface area contributed by atoms with Crippen LogP contribution in [-0.4, -0.2) is 32.6 Å². The minimum absolute atomic E-state index is 0.149. The van der Waals surface area contributed by atoms with E-state index >= 15 is 0 Å². The topological polar surface area (TPSA) is 122 Å². The minimum Gasteiger partial charge on any atom is -0.352 e. The number of pyridine rings is 1. The van der Waals surface area contributed by atoms with Crippen LogP contribution in [0.3, 0.4) is 0 Å². The van der Waals surface area contributed by atoms with Gasteiger partial charge in [0.15, 0.2) is 0 Å². The van der Waals surface area contributed by atoms with Gasteiger partial charge in [0.05, 0.1) is 0 Å². The quantitative estimate of drug-likeness (QED) is 0.338. The molecule has 0 aromatic carbocycles. The number of rotatable bonds is 6. The lowest BCUT2D eigenvalue weighted by Gasteiger charge is -2.07. The highest BCUT2D eigenvalue weighted by atomic mass is 16.1. The molecule has 0 fully saturated rings. The maximum absolute atomic E-state index is 12.0. The summed E-state index contributed by atoms with van der Waals surface area (Å²) in [7, 11) is 0. The number of H-pyrrole nitrogens is 1. The largest absolute Gasteiger partial charge is 0.352 e. The molecule has 8 heteroatoms. The van der Waals surface area contributed by atoms with Crippen molar-refractivity contribution in [1.82, 2.24) is 25.5 Å². The van der Waals surface area contributed by atoms with Crippen LogP contribution in [-0.2, 0) is 6.42 Å². The van der Waals surface area contributed by atoms with Gasteiger partial charge in [-0.3, -0.25) is 9.89 Å². The summed E-state index contributed by atoms with van der Waals surface area (Å²) < 4.78 is 0. The van der Waals surface area contributed by atoms with Gasteiger partial charge in [0.25, 0.3) is 5.91 Å². The van der Waals surface area contributed by atoms with Crippen molar-refractivity contribution in [3.05, 3.63) is 35.5 Å². The Balaban J connectivity index is 1.83. The van der Waals surface area contributed by atoms with Crippen LogP contribution in [0.2, 0.25) is 0 Å². The fourth-order valence-electron chi connectivity index (χ4n) is 1.78. The predicted molar refractivity (Wildman–Crippen MR) is 73.8 cm³/mol. The number of aromatic amines is 1. The van der Waals surface area contributed by atoms with Gasteiger partial charge in [-0.1, -0.05) is 0 Å². The summed E-state index contributed by atoms with van der Waals surface area (Å²) in [5, 5.41) is 9.38. The number of amides is 1. The number of nitrogens with two attached hydrogens (primary N) is 1. The summed E-state index contributed by atoms with van der Waals surface area (Å²) >= 11 is 0. The third-order valence-corrected chi connectivity index (χ3v) is 2.70. The van der Waals surface area contributed by atoms with Crippen LogP contribution in [0, 0.1) is 6.92 Å². The summed E-state index contributed by atoms with van der Waals surface area (Å²) in [6.07, 6.45) is 2.99. The Morgan fingerprint density at radius 1 is 1.45 bits per heavy atom. The molecule has 0 atom stereocenters. The number of hydrazine groups is 1. The van der Waals surface area contributed by atoms with Crippen molar-refractivity contribution in [3.63, 3.8) is 0 Å². The van der Waals surface area contributed by atoms with Crippen LogP contribution < -0.4 is 16.6 Å². The molecule has 0 unspecified atom stereocenters. The minimum atomic E-state index is -0.149. The fourth-order valence-corrected chi connectivity index (χ4v) is 1.78. The zero-order chi connectivity index (χ0) is 14.4. The average molecular weight is 275 g/mol. The van der Waals surface area contributed by atoms with E-state index < -0.39 is 0 Å². The maximum atomic E-state index is 12.0. The molecule has 0 saturated carbocycles. The standard InChI is InChI=1S/C12H17N7O/c1-8-5-9(6-11(17-8)18-13)12(20)14-4-2-3-10-15-7-16-19-10/h5-7H,2-4,13H2,1H3,(H,14,20)(H,17,18)(H,15,16,19). The smallest absolute Gasteiger partial charge is 0.251 e. The highest BCUT2D eigenvalue weighted by molar-refractivity contribution is 5.94. The molecule has 0 aliphatic heterocycles. The van der Waals surface area contributed by atoms with E-state index in [1.165, 1.54) is 6.33 Å². The number of hydrogen-bond donors (Lipinski definition) is 4. The number of nitrogen functional groups attached to an aromatic ring is 1. The van der Waals surface area contributed by atoms with Gasteiger partial charge in [-0.05, 0) is 25.5 Å². The zero-order valence-electron chi connectivity index (χ0n) is 11.2. The Morgan fingerprint density at radius 2 is 2.30 bits per heavy atom. The van der Waals surface area contributed by atoms with Gasteiger partial charge in [-0.15, -0.1) is 0 Å². The van der Waals surface area contributed by atoms with Gasteiger partial charge in [0.1, 0.15) is 18.0 Å². The van der Waals surface area contributed by atoms with E-state index in [1.54, 1.807) is 12.1 Å². The number of anilines is 1. The molecule has 0 bridgehead atoms. The van der Waals surface area contributed by atoms with Gasteiger partial charge < -0.3 is 10.7 Å². The maximum Gasteiger partial charge on any atom is 0.251 e. The highest BCUT2D eigenvalue weighted by Crippen LogP contribution is 2.08. The molecule has 106 valence electrons. The van der Waals surface area contributed by atoms with E-state index in [0.29, 0.717) is 17.9 Å². The van der Waals surface area contributed by atoms with E-state index in [2.05, 4.69) is 30.9 Å². The van der Waals surface area contributed by atoms with Crippen molar-refractivity contribution in [2.45, 2.75) is 19.8 Å². The van der Waals surface area contributed by atoms with Crippen molar-refractivity contribution in [1.29, 1.82) is 0 Å². The van der Waals surface area contributed by atoms with Crippen LogP contribution >= 0.6 is 0 Å². The SMILES string of the molecule is Cc1cc(C(=O)NCCCc2ncn[nH]2)cc(NN)n1. The van der Waals surface area contributed by atoms with Gasteiger partial charge in [0.2, 0.25) is 0 Å². The van der Waals surface area contributed by atoms with Crippen molar-refractivity contribution in [2.24, 2.45) is 5.84 Å². The summed E-state index contributed by atoms with van der Waals surface area (Å²) in [6.45, 7) is 2.37. The molecular formula is C12H17N7O. The van der Waals surface area contributed by atoms with Crippen molar-refractivity contribution >= 4 is 11.7 Å². The Kier molecular flexibility index (Phi) is 4.61. The molecule has 0 radical (unpaired) electrons. The second-order valence-corrected chi connectivity index (χ2v) is 4.32. The van der Waals surface area contributed by atoms with E-state index in [4.69, 9.17) is 5.84 Å². The summed E-state index contributed by atoms with van der Waals surface area (Å²) in [4.78, 5) is 20.1. The highest BCUT2D eigenvalue weighted by Gasteiger charge is 2.08. The molecule has 2 heterocycles. The van der Waals surface area contributed by atoms with E-state index in [0.717, 1.165) is 24.4 Å². The van der Waals surface area contributed by atoms with Gasteiger partial charge in [-0.25, -0.2) is 15.8 Å². The predicted octanol–water partition coefficient (Wildman–Crippen LogP) is 0.156. The number of aryl methyl sites for hydroxylation is 2. The van der Waals surface area contributed by atoms with E-state index in [9.17, 15) is 4.79 Å². The molecule has 5 N–H and O–H groups in total. The van der Waals surface area contributed by atoms with Crippen LogP contribution in [0.5, 0.6) is 0 Å². The molecular weight excluding hydrogens is 258 g/mol. The van der Waals surface area contributed by atoms with Crippen LogP contribution in [0.25, 0.3) is 0 Å². The monoisotopic (exact) mass is 275 g/mol. The first-order valence-corrected chi connectivity index (χ1v) is 6.27. The third kappa shape index (κ3) is 3.75. The van der Waals surface area contributed by atoms with Gasteiger partial charge in [0, 0.05) is 24.2 Å². The molecule has 2 aromatic heterocycles. The number of carbonyl (C=O) groups is 1. The first-order chi connectivity index (χ1) is 9.69. The molecule has 0 aliphatic carbocycles. The van der Waals surface area contributed by atoms with Crippen LogP contribution in [0.4, 0.5) is 5.82 Å². The Morgan fingerprint density at radius 3 is 3.00 bits per heavy atom. The molecule has 0 aliphatic rings. The number of aromatic nitrogens is 4. The number of nitrogens with one attached hydrogen (secondary N) is 3. The molecule has 2 rings (SSSR count). The van der Waals surface area contributed by atoms with Gasteiger partial charge >= 0.3 is 0 Å². The summed E-state index contributed by atoms with van der Waals surface area (Å²) in [5.41, 5.74) is 3.70. The van der Waals surface area contributed by atoms with Crippen LogP contribution in [0.1, 0.15) is 28.3 Å². The van der Waals surface area contributed by atoms with Gasteiger partial charge in [-0.2, -0.15) is 5.10 Å². The molecule has 2 aromatic rings. The number of carbonyl (C=O) groups excluding carboxylic acids is 1. The Labute approximate surface area is 116 Å². The summed E-state index contributed by atoms with van der Waals surface area (Å²) in [6, 6.07) is 3.32. The van der Waals surface area contributed by atoms with Crippen molar-refractivity contribution in [3.8, 4) is 0 Å². The second kappa shape index (κ2) is 6.62. The molecule has 8 nitrogen and oxygen atoms in total. The molecule has 20 heavy (non-hydrogen) atoms. The number of nitrogens with zero attached hydrogens (tertiary/aromatic N) is 3. The summed E-state index contributed by atoms with van der Waals surface area (Å²) in [5.74, 6) is 6.44. The van der Waals surface area contributed by atoms with Crippen molar-refractivity contribution < 1.29 is 4.79 Å². The first-order valence-electron chi connectivity index (χ1n) is 6.27. The molecule has 0 spiro atoms. The van der Waals surface area contributed by atoms with E-state index in [-0.39, 0.29) is 5.91 Å². The molecule has 0 saturated heterocycles. The van der Waals surface area contributed by atoms with E-state index in [1.807, 2.05) is 6.92 Å². The van der Waals surface area contributed by atoms with Crippen LogP contribution in [0.15, 0.2) is 18.5 Å². The second-order valence-electron chi connectivity index (χ2n) is 4.32. The lowest BCUT2D eigenvalue weighted by Crippen LogP contribution is -2.25. The number of hydrogen-bond acceptors (Lipinski definition) is 6. The van der Waals surface area contributed by atoms with Crippen molar-refractivity contribution in [2.75, 3.05) is 12.0 Å². The lowest BCUT2D eigenvalue weighted by atomic mass is 10.2. The normalized spacial score (nSPS) is 10.3. The third-order valence-electron chi connectivity index (χ3n) is 2.70. The lowest BCUT2D eigenvalue weighted by molar-refractivity contribution is 0.0953. The Hall–Kier alpha value is -2.48. The first kappa shape index (κ1) is 13.9. The average Bonchev–Trinajstić information content (AvgIpc) is 2.95. The Bertz CT molecular complexity index is 567. The fraction of sp³-hybridized carbons (Fsp3) is 0.333.